The third-order valence-corrected chi connectivity index (χ3v) is 5.58. The smallest absolute Gasteiger partial charge is 0.459 e. The fourth-order valence-corrected chi connectivity index (χ4v) is 3.75. The first-order valence-electron chi connectivity index (χ1n) is 9.03. The Morgan fingerprint density at radius 2 is 0.857 bits per heavy atom. The summed E-state index contributed by atoms with van der Waals surface area (Å²) in [5.74, 6) is -31.3. The Kier molecular flexibility index (Phi) is 10.6. The number of hydrogen-bond acceptors (Lipinski definition) is 5. The van der Waals surface area contributed by atoms with Gasteiger partial charge in [-0.05, 0) is 13.8 Å². The van der Waals surface area contributed by atoms with Gasteiger partial charge < -0.3 is 9.47 Å². The van der Waals surface area contributed by atoms with E-state index in [4.69, 9.17) is 0 Å². The lowest BCUT2D eigenvalue weighted by Gasteiger charge is -2.38. The Morgan fingerprint density at radius 1 is 0.600 bits per heavy atom. The molecule has 0 aromatic carbocycles. The topological polar surface area (TPSA) is 52.6 Å². The lowest BCUT2D eigenvalue weighted by molar-refractivity contribution is -0.355. The normalized spacial score (nSPS) is 16.0. The predicted molar refractivity (Wildman–Crippen MR) is 89.6 cm³/mol. The Morgan fingerprint density at radius 3 is 1.06 bits per heavy atom. The van der Waals surface area contributed by atoms with Crippen molar-refractivity contribution in [3.05, 3.63) is 0 Å². The minimum Gasteiger partial charge on any atom is -0.466 e. The molecule has 0 heterocycles. The second-order valence-electron chi connectivity index (χ2n) is 6.52. The first-order chi connectivity index (χ1) is 15.4. The maximum Gasteiger partial charge on any atom is 0.459 e. The SMILES string of the molecule is CCOC(=O)CC(SC(CC(=O)OCC)C(F)(F)C(F)(F)C(F)(F)F)C(F)(F)C(F)(F)C(F)(F)F. The van der Waals surface area contributed by atoms with E-state index in [1.54, 1.807) is 0 Å². The van der Waals surface area contributed by atoms with Crippen LogP contribution in [0, 0.1) is 0 Å². The number of esters is 2. The second-order valence-corrected chi connectivity index (χ2v) is 7.93. The van der Waals surface area contributed by atoms with Crippen LogP contribution in [0.2, 0.25) is 0 Å². The summed E-state index contributed by atoms with van der Waals surface area (Å²) in [4.78, 5) is 23.0. The van der Waals surface area contributed by atoms with E-state index in [9.17, 15) is 71.1 Å². The number of carbonyl (C=O) groups is 2. The van der Waals surface area contributed by atoms with Gasteiger partial charge in [-0.3, -0.25) is 9.59 Å². The maximum absolute atomic E-state index is 14.3. The van der Waals surface area contributed by atoms with Gasteiger partial charge in [-0.25, -0.2) is 0 Å². The molecule has 0 rings (SSSR count). The summed E-state index contributed by atoms with van der Waals surface area (Å²) in [6, 6.07) is 0. The molecule has 0 aliphatic heterocycles. The van der Waals surface area contributed by atoms with Gasteiger partial charge in [-0.2, -0.15) is 61.5 Å². The zero-order chi connectivity index (χ0) is 28.3. The van der Waals surface area contributed by atoms with Gasteiger partial charge in [0.15, 0.2) is 0 Å². The highest BCUT2D eigenvalue weighted by Crippen LogP contribution is 2.56. The summed E-state index contributed by atoms with van der Waals surface area (Å²) in [6.07, 6.45) is -18.7. The van der Waals surface area contributed by atoms with E-state index >= 15 is 0 Å². The minimum atomic E-state index is -7.08. The lowest BCUT2D eigenvalue weighted by atomic mass is 10.0. The molecule has 0 aliphatic rings. The van der Waals surface area contributed by atoms with E-state index in [0.717, 1.165) is 13.8 Å². The van der Waals surface area contributed by atoms with Crippen LogP contribution >= 0.6 is 11.8 Å². The summed E-state index contributed by atoms with van der Waals surface area (Å²) < 4.78 is 194. The summed E-state index contributed by atoms with van der Waals surface area (Å²) in [5.41, 5.74) is 0. The molecule has 2 atom stereocenters. The van der Waals surface area contributed by atoms with Crippen LogP contribution in [0.3, 0.4) is 0 Å². The molecule has 4 nitrogen and oxygen atoms in total. The number of hydrogen-bond donors (Lipinski definition) is 0. The summed E-state index contributed by atoms with van der Waals surface area (Å²) in [7, 11) is 0. The zero-order valence-electron chi connectivity index (χ0n) is 17.3. The Labute approximate surface area is 191 Å². The molecule has 0 saturated heterocycles. The van der Waals surface area contributed by atoms with Gasteiger partial charge in [-0.15, -0.1) is 11.8 Å². The number of rotatable bonds is 12. The fraction of sp³-hybridized carbons (Fsp3) is 0.875. The van der Waals surface area contributed by atoms with E-state index in [2.05, 4.69) is 9.47 Å². The van der Waals surface area contributed by atoms with Crippen molar-refractivity contribution in [1.82, 2.24) is 0 Å². The third-order valence-electron chi connectivity index (χ3n) is 4.00. The van der Waals surface area contributed by atoms with Gasteiger partial charge in [0.25, 0.3) is 0 Å². The number of halogens is 14. The summed E-state index contributed by atoms with van der Waals surface area (Å²) in [6.45, 7) is 0.576. The van der Waals surface area contributed by atoms with Crippen LogP contribution in [0.25, 0.3) is 0 Å². The Bertz CT molecular complexity index is 675. The molecule has 19 heteroatoms. The predicted octanol–water partition coefficient (Wildman–Crippen LogP) is 6.03. The number of thioether (sulfide) groups is 1. The third kappa shape index (κ3) is 7.18. The summed E-state index contributed by atoms with van der Waals surface area (Å²) >= 11 is -1.66. The molecule has 0 bridgehead atoms. The lowest BCUT2D eigenvalue weighted by Crippen LogP contribution is -2.60. The van der Waals surface area contributed by atoms with Crippen LogP contribution in [-0.4, -0.2) is 71.7 Å². The average molecular weight is 570 g/mol. The monoisotopic (exact) mass is 570 g/mol. The van der Waals surface area contributed by atoms with Gasteiger partial charge >= 0.3 is 48.0 Å². The van der Waals surface area contributed by atoms with Crippen LogP contribution in [0.5, 0.6) is 0 Å². The first kappa shape index (κ1) is 33.3. The molecule has 0 fully saturated rings. The van der Waals surface area contributed by atoms with Gasteiger partial charge in [0.1, 0.15) is 0 Å². The Balaban J connectivity index is 6.76. The van der Waals surface area contributed by atoms with Crippen molar-refractivity contribution >= 4 is 23.7 Å². The minimum absolute atomic E-state index is 0.702. The maximum atomic E-state index is 14.3. The van der Waals surface area contributed by atoms with Crippen molar-refractivity contribution in [2.24, 2.45) is 0 Å². The standard InChI is InChI=1S/C16H16F14O4S/c1-3-33-9(31)5-7(11(17,18)13(21,22)15(25,26)27)35-8(6-10(32)34-4-2)12(19,20)14(23,24)16(28,29)30/h7-8H,3-6H2,1-2H3. The molecule has 0 saturated carbocycles. The van der Waals surface area contributed by atoms with Crippen molar-refractivity contribution in [3.8, 4) is 0 Å². The number of carbonyl (C=O) groups excluding carboxylic acids is 2. The van der Waals surface area contributed by atoms with Gasteiger partial charge in [0, 0.05) is 0 Å². The molecule has 0 N–H and O–H groups in total. The van der Waals surface area contributed by atoms with Gasteiger partial charge in [-0.1, -0.05) is 0 Å². The van der Waals surface area contributed by atoms with E-state index in [-0.39, 0.29) is 0 Å². The molecule has 0 aromatic rings. The van der Waals surface area contributed by atoms with Crippen molar-refractivity contribution in [2.45, 2.75) is 73.2 Å². The fourth-order valence-electron chi connectivity index (χ4n) is 2.25. The van der Waals surface area contributed by atoms with Crippen LogP contribution in [0.1, 0.15) is 26.7 Å². The van der Waals surface area contributed by atoms with Crippen molar-refractivity contribution in [3.63, 3.8) is 0 Å². The van der Waals surface area contributed by atoms with E-state index in [1.807, 2.05) is 0 Å². The molecular formula is C16H16F14O4S. The number of alkyl halides is 14. The average Bonchev–Trinajstić information content (AvgIpc) is 2.64. The van der Waals surface area contributed by atoms with Crippen molar-refractivity contribution in [1.29, 1.82) is 0 Å². The first-order valence-corrected chi connectivity index (χ1v) is 9.97. The van der Waals surface area contributed by atoms with Crippen LogP contribution < -0.4 is 0 Å². The van der Waals surface area contributed by atoms with Crippen LogP contribution in [0.4, 0.5) is 61.5 Å². The van der Waals surface area contributed by atoms with E-state index < -0.39 is 96.3 Å². The largest absolute Gasteiger partial charge is 0.466 e. The molecule has 2 unspecified atom stereocenters. The van der Waals surface area contributed by atoms with E-state index in [0.29, 0.717) is 0 Å². The zero-order valence-corrected chi connectivity index (χ0v) is 18.1. The van der Waals surface area contributed by atoms with E-state index in [1.165, 1.54) is 0 Å². The highest BCUT2D eigenvalue weighted by Gasteiger charge is 2.78. The molecular weight excluding hydrogens is 554 g/mol. The second kappa shape index (κ2) is 11.1. The van der Waals surface area contributed by atoms with Gasteiger partial charge in [0.05, 0.1) is 36.6 Å². The highest BCUT2D eigenvalue weighted by molar-refractivity contribution is 8.00. The molecule has 0 aromatic heterocycles. The molecule has 0 radical (unpaired) electrons. The molecule has 0 amide bonds. The Hall–Kier alpha value is -1.69. The van der Waals surface area contributed by atoms with Gasteiger partial charge in [0.2, 0.25) is 0 Å². The molecule has 0 spiro atoms. The summed E-state index contributed by atoms with van der Waals surface area (Å²) in [5, 5.41) is -8.04. The van der Waals surface area contributed by atoms with Crippen LogP contribution in [0.15, 0.2) is 0 Å². The van der Waals surface area contributed by atoms with Crippen molar-refractivity contribution < 1.29 is 80.5 Å². The number of ether oxygens (including phenoxy) is 2. The highest BCUT2D eigenvalue weighted by atomic mass is 32.2. The molecule has 35 heavy (non-hydrogen) atoms. The van der Waals surface area contributed by atoms with Crippen molar-refractivity contribution in [2.75, 3.05) is 13.2 Å². The molecule has 208 valence electrons. The quantitative estimate of drug-likeness (QED) is 0.212. The van der Waals surface area contributed by atoms with Crippen LogP contribution in [-0.2, 0) is 19.1 Å². The molecule has 0 aliphatic carbocycles.